The molecule has 7 heteroatoms. The van der Waals surface area contributed by atoms with E-state index in [-0.39, 0.29) is 0 Å². The van der Waals surface area contributed by atoms with E-state index in [9.17, 15) is 0 Å². The van der Waals surface area contributed by atoms with E-state index in [0.717, 1.165) is 44.2 Å². The quantitative estimate of drug-likeness (QED) is 0.715. The van der Waals surface area contributed by atoms with Crippen LogP contribution in [0.25, 0.3) is 5.65 Å². The van der Waals surface area contributed by atoms with Gasteiger partial charge in [0, 0.05) is 76.3 Å². The smallest absolute Gasteiger partial charge is 0.180 e. The number of hydrogen-bond acceptors (Lipinski definition) is 5. The number of hydrogen-bond donors (Lipinski definition) is 0. The van der Waals surface area contributed by atoms with Crippen molar-refractivity contribution >= 4 is 11.5 Å². The standard InChI is InChI=1S/C15H19N7/c1-19-11-13(10-18-19)12-20-6-8-22(9-7-20)15-14-16-2-4-21(14)5-3-17-15/h2-5,10-11H,6-9,12H2,1H3. The van der Waals surface area contributed by atoms with E-state index in [4.69, 9.17) is 0 Å². The summed E-state index contributed by atoms with van der Waals surface area (Å²) < 4.78 is 3.87. The van der Waals surface area contributed by atoms with Crippen LogP contribution in [0.1, 0.15) is 5.56 Å². The van der Waals surface area contributed by atoms with Crippen LogP contribution in [0.4, 0.5) is 5.82 Å². The van der Waals surface area contributed by atoms with Crippen LogP contribution in [0.2, 0.25) is 0 Å². The number of anilines is 1. The van der Waals surface area contributed by atoms with E-state index in [1.807, 2.05) is 47.1 Å². The van der Waals surface area contributed by atoms with Crippen LogP contribution in [0.5, 0.6) is 0 Å². The van der Waals surface area contributed by atoms with Crippen molar-refractivity contribution in [2.45, 2.75) is 6.54 Å². The summed E-state index contributed by atoms with van der Waals surface area (Å²) in [4.78, 5) is 13.7. The first-order valence-electron chi connectivity index (χ1n) is 7.52. The molecular formula is C15H19N7. The van der Waals surface area contributed by atoms with Crippen LogP contribution < -0.4 is 4.90 Å². The Morgan fingerprint density at radius 2 is 1.82 bits per heavy atom. The van der Waals surface area contributed by atoms with E-state index in [1.54, 1.807) is 0 Å². The van der Waals surface area contributed by atoms with Gasteiger partial charge in [0.1, 0.15) is 0 Å². The molecule has 3 aromatic rings. The topological polar surface area (TPSA) is 54.5 Å². The van der Waals surface area contributed by atoms with Gasteiger partial charge in [0.2, 0.25) is 0 Å². The number of imidazole rings is 1. The minimum atomic E-state index is 0.934. The van der Waals surface area contributed by atoms with Crippen molar-refractivity contribution in [1.82, 2.24) is 29.0 Å². The van der Waals surface area contributed by atoms with Crippen molar-refractivity contribution in [3.8, 4) is 0 Å². The molecule has 4 heterocycles. The normalized spacial score (nSPS) is 16.5. The molecule has 114 valence electrons. The zero-order valence-corrected chi connectivity index (χ0v) is 12.6. The Hall–Kier alpha value is -2.41. The number of aromatic nitrogens is 5. The van der Waals surface area contributed by atoms with Crippen LogP contribution in [0.3, 0.4) is 0 Å². The predicted octanol–water partition coefficient (Wildman–Crippen LogP) is 0.785. The van der Waals surface area contributed by atoms with Crippen molar-refractivity contribution in [2.24, 2.45) is 7.05 Å². The van der Waals surface area contributed by atoms with Gasteiger partial charge in [-0.05, 0) is 0 Å². The van der Waals surface area contributed by atoms with Gasteiger partial charge >= 0.3 is 0 Å². The largest absolute Gasteiger partial charge is 0.351 e. The molecule has 0 saturated carbocycles. The van der Waals surface area contributed by atoms with Gasteiger partial charge in [0.15, 0.2) is 11.5 Å². The Morgan fingerprint density at radius 1 is 1.05 bits per heavy atom. The lowest BCUT2D eigenvalue weighted by atomic mass is 10.2. The highest BCUT2D eigenvalue weighted by Crippen LogP contribution is 2.19. The fraction of sp³-hybridized carbons (Fsp3) is 0.400. The van der Waals surface area contributed by atoms with Crippen LogP contribution in [0, 0.1) is 0 Å². The van der Waals surface area contributed by atoms with Gasteiger partial charge in [-0.1, -0.05) is 0 Å². The maximum absolute atomic E-state index is 4.53. The zero-order valence-electron chi connectivity index (χ0n) is 12.6. The van der Waals surface area contributed by atoms with E-state index >= 15 is 0 Å². The van der Waals surface area contributed by atoms with Crippen molar-refractivity contribution in [1.29, 1.82) is 0 Å². The molecule has 1 aliphatic heterocycles. The number of nitrogens with zero attached hydrogens (tertiary/aromatic N) is 7. The zero-order chi connectivity index (χ0) is 14.9. The summed E-state index contributed by atoms with van der Waals surface area (Å²) in [6.45, 7) is 4.96. The third-order valence-electron chi connectivity index (χ3n) is 4.13. The molecule has 0 amide bonds. The second kappa shape index (κ2) is 5.42. The fourth-order valence-corrected chi connectivity index (χ4v) is 2.99. The Balaban J connectivity index is 1.44. The first-order chi connectivity index (χ1) is 10.8. The number of piperazine rings is 1. The summed E-state index contributed by atoms with van der Waals surface area (Å²) >= 11 is 0. The maximum Gasteiger partial charge on any atom is 0.180 e. The van der Waals surface area contributed by atoms with Crippen LogP contribution >= 0.6 is 0 Å². The molecule has 22 heavy (non-hydrogen) atoms. The molecule has 0 atom stereocenters. The van der Waals surface area contributed by atoms with Gasteiger partial charge < -0.3 is 9.30 Å². The average molecular weight is 297 g/mol. The molecule has 4 rings (SSSR count). The van der Waals surface area contributed by atoms with Gasteiger partial charge in [-0.15, -0.1) is 0 Å². The lowest BCUT2D eigenvalue weighted by Crippen LogP contribution is -2.46. The Kier molecular flexibility index (Phi) is 3.27. The number of fused-ring (bicyclic) bond motifs is 1. The summed E-state index contributed by atoms with van der Waals surface area (Å²) in [5.41, 5.74) is 2.20. The van der Waals surface area contributed by atoms with Crippen molar-refractivity contribution < 1.29 is 0 Å². The van der Waals surface area contributed by atoms with Gasteiger partial charge in [0.05, 0.1) is 6.20 Å². The van der Waals surface area contributed by atoms with Crippen LogP contribution in [-0.4, -0.2) is 55.2 Å². The molecule has 0 bridgehead atoms. The fourth-order valence-electron chi connectivity index (χ4n) is 2.99. The monoisotopic (exact) mass is 297 g/mol. The molecule has 1 aliphatic rings. The van der Waals surface area contributed by atoms with E-state index < -0.39 is 0 Å². The van der Waals surface area contributed by atoms with Crippen molar-refractivity contribution in [3.05, 3.63) is 42.7 Å². The average Bonchev–Trinajstić information content (AvgIpc) is 3.16. The van der Waals surface area contributed by atoms with Gasteiger partial charge in [0.25, 0.3) is 0 Å². The summed E-state index contributed by atoms with van der Waals surface area (Å²) in [5, 5.41) is 4.23. The molecule has 1 saturated heterocycles. The molecule has 7 nitrogen and oxygen atoms in total. The molecule has 0 unspecified atom stereocenters. The third kappa shape index (κ3) is 2.43. The molecule has 0 radical (unpaired) electrons. The summed E-state index contributed by atoms with van der Waals surface area (Å²) in [5.74, 6) is 0.980. The molecular weight excluding hydrogens is 278 g/mol. The molecule has 0 N–H and O–H groups in total. The summed E-state index contributed by atoms with van der Waals surface area (Å²) in [6, 6.07) is 0. The highest BCUT2D eigenvalue weighted by molar-refractivity contribution is 5.64. The van der Waals surface area contributed by atoms with Crippen molar-refractivity contribution in [3.63, 3.8) is 0 Å². The summed E-state index contributed by atoms with van der Waals surface area (Å²) in [6.07, 6.45) is 11.6. The van der Waals surface area contributed by atoms with Crippen molar-refractivity contribution in [2.75, 3.05) is 31.1 Å². The van der Waals surface area contributed by atoms with E-state index in [1.165, 1.54) is 5.56 Å². The SMILES string of the molecule is Cn1cc(CN2CCN(c3nccn4ccnc34)CC2)cn1. The third-order valence-corrected chi connectivity index (χ3v) is 4.13. The molecule has 0 spiro atoms. The Bertz CT molecular complexity index is 767. The predicted molar refractivity (Wildman–Crippen MR) is 83.7 cm³/mol. The van der Waals surface area contributed by atoms with Crippen LogP contribution in [0.15, 0.2) is 37.2 Å². The molecule has 0 aliphatic carbocycles. The van der Waals surface area contributed by atoms with E-state index in [0.29, 0.717) is 0 Å². The first kappa shape index (κ1) is 13.3. The Labute approximate surface area is 128 Å². The Morgan fingerprint density at radius 3 is 2.55 bits per heavy atom. The maximum atomic E-state index is 4.53. The number of rotatable bonds is 3. The summed E-state index contributed by atoms with van der Waals surface area (Å²) in [7, 11) is 1.96. The highest BCUT2D eigenvalue weighted by atomic mass is 15.3. The van der Waals surface area contributed by atoms with Gasteiger partial charge in [-0.25, -0.2) is 9.97 Å². The van der Waals surface area contributed by atoms with Gasteiger partial charge in [-0.3, -0.25) is 9.58 Å². The second-order valence-corrected chi connectivity index (χ2v) is 5.69. The lowest BCUT2D eigenvalue weighted by Gasteiger charge is -2.35. The first-order valence-corrected chi connectivity index (χ1v) is 7.52. The van der Waals surface area contributed by atoms with E-state index in [2.05, 4.69) is 31.1 Å². The lowest BCUT2D eigenvalue weighted by molar-refractivity contribution is 0.249. The molecule has 0 aromatic carbocycles. The molecule has 3 aromatic heterocycles. The van der Waals surface area contributed by atoms with Crippen LogP contribution in [-0.2, 0) is 13.6 Å². The minimum Gasteiger partial charge on any atom is -0.351 e. The minimum absolute atomic E-state index is 0.934. The number of aryl methyl sites for hydroxylation is 1. The second-order valence-electron chi connectivity index (χ2n) is 5.69. The highest BCUT2D eigenvalue weighted by Gasteiger charge is 2.20. The molecule has 1 fully saturated rings. The van der Waals surface area contributed by atoms with Gasteiger partial charge in [-0.2, -0.15) is 5.10 Å².